The molecule has 0 bridgehead atoms. The number of carbonyl (C=O) groups excluding carboxylic acids is 1. The lowest BCUT2D eigenvalue weighted by Crippen LogP contribution is -2.17. The number of nitrogens with one attached hydrogen (secondary N) is 2. The predicted octanol–water partition coefficient (Wildman–Crippen LogP) is 4.25. The molecule has 0 saturated heterocycles. The summed E-state index contributed by atoms with van der Waals surface area (Å²) in [6, 6.07) is 7.32. The van der Waals surface area contributed by atoms with E-state index in [-0.39, 0.29) is 12.3 Å². The summed E-state index contributed by atoms with van der Waals surface area (Å²) >= 11 is 0. The van der Waals surface area contributed by atoms with E-state index in [1.165, 1.54) is 25.5 Å². The van der Waals surface area contributed by atoms with Crippen LogP contribution in [-0.4, -0.2) is 32.9 Å². The summed E-state index contributed by atoms with van der Waals surface area (Å²) in [6.45, 7) is 0. The van der Waals surface area contributed by atoms with E-state index in [0.717, 1.165) is 17.0 Å². The first-order valence-corrected chi connectivity index (χ1v) is 10.1. The Morgan fingerprint density at radius 3 is 2.55 bits per heavy atom. The maximum atomic E-state index is 14.7. The minimum atomic E-state index is -4.48. The Kier molecular flexibility index (Phi) is 6.08. The van der Waals surface area contributed by atoms with Crippen molar-refractivity contribution in [3.8, 4) is 0 Å². The number of hydrogen-bond acceptors (Lipinski definition) is 4. The highest BCUT2D eigenvalue weighted by atomic mass is 19.4. The number of pyridine rings is 3. The fourth-order valence-corrected chi connectivity index (χ4v) is 3.46. The number of carbonyl (C=O) groups is 1. The molecular formula is C23H19F4N5O. The van der Waals surface area contributed by atoms with E-state index in [4.69, 9.17) is 0 Å². The van der Waals surface area contributed by atoms with Gasteiger partial charge in [0.1, 0.15) is 11.3 Å². The monoisotopic (exact) mass is 457 g/mol. The molecular weight excluding hydrogens is 438 g/mol. The minimum absolute atomic E-state index is 0.251. The van der Waals surface area contributed by atoms with Crippen LogP contribution in [0.25, 0.3) is 11.0 Å². The molecule has 0 aliphatic carbocycles. The fourth-order valence-electron chi connectivity index (χ4n) is 3.46. The third-order valence-corrected chi connectivity index (χ3v) is 5.26. The van der Waals surface area contributed by atoms with Gasteiger partial charge in [-0.3, -0.25) is 9.78 Å². The van der Waals surface area contributed by atoms with Crippen molar-refractivity contribution in [2.24, 2.45) is 0 Å². The molecule has 2 N–H and O–H groups in total. The minimum Gasteiger partial charge on any atom is -0.355 e. The predicted molar refractivity (Wildman–Crippen MR) is 113 cm³/mol. The Bertz CT molecular complexity index is 1300. The first-order valence-electron chi connectivity index (χ1n) is 10.1. The van der Waals surface area contributed by atoms with Crippen LogP contribution in [0.4, 0.5) is 17.6 Å². The van der Waals surface area contributed by atoms with Crippen molar-refractivity contribution in [2.45, 2.75) is 25.4 Å². The van der Waals surface area contributed by atoms with Crippen molar-refractivity contribution >= 4 is 16.9 Å². The quantitative estimate of drug-likeness (QED) is 0.335. The molecule has 0 atom stereocenters. The topological polar surface area (TPSA) is 83.6 Å². The number of nitrogens with zero attached hydrogens (tertiary/aromatic N) is 3. The molecule has 4 rings (SSSR count). The zero-order valence-electron chi connectivity index (χ0n) is 17.5. The molecule has 0 radical (unpaired) electrons. The zero-order chi connectivity index (χ0) is 23.6. The summed E-state index contributed by atoms with van der Waals surface area (Å²) in [6.07, 6.45) is 0.862. The zero-order valence-corrected chi connectivity index (χ0v) is 17.5. The second-order valence-electron chi connectivity index (χ2n) is 7.49. The van der Waals surface area contributed by atoms with Crippen molar-refractivity contribution in [2.75, 3.05) is 7.05 Å². The van der Waals surface area contributed by atoms with Gasteiger partial charge in [0.25, 0.3) is 5.91 Å². The van der Waals surface area contributed by atoms with Gasteiger partial charge in [0, 0.05) is 48.7 Å². The van der Waals surface area contributed by atoms with E-state index < -0.39 is 17.8 Å². The van der Waals surface area contributed by atoms with Crippen molar-refractivity contribution in [1.29, 1.82) is 0 Å². The van der Waals surface area contributed by atoms with Crippen molar-refractivity contribution < 1.29 is 22.4 Å². The van der Waals surface area contributed by atoms with Gasteiger partial charge in [-0.15, -0.1) is 0 Å². The van der Waals surface area contributed by atoms with E-state index >= 15 is 0 Å². The number of aromatic nitrogens is 4. The molecule has 0 fully saturated rings. The molecule has 0 unspecified atom stereocenters. The van der Waals surface area contributed by atoms with Crippen molar-refractivity contribution in [3.63, 3.8) is 0 Å². The number of amides is 1. The Morgan fingerprint density at radius 2 is 1.88 bits per heavy atom. The summed E-state index contributed by atoms with van der Waals surface area (Å²) < 4.78 is 52.5. The van der Waals surface area contributed by atoms with Gasteiger partial charge >= 0.3 is 6.18 Å². The first-order chi connectivity index (χ1) is 15.7. The van der Waals surface area contributed by atoms with Gasteiger partial charge in [-0.2, -0.15) is 17.6 Å². The lowest BCUT2D eigenvalue weighted by Gasteiger charge is -2.08. The Labute approximate surface area is 186 Å². The van der Waals surface area contributed by atoms with E-state index in [2.05, 4.69) is 25.3 Å². The van der Waals surface area contributed by atoms with Gasteiger partial charge in [0.05, 0.1) is 5.56 Å². The van der Waals surface area contributed by atoms with Gasteiger partial charge in [0.15, 0.2) is 0 Å². The number of halogens is 4. The molecule has 0 aliphatic rings. The number of fused-ring (bicyclic) bond motifs is 1. The molecule has 10 heteroatoms. The first kappa shape index (κ1) is 22.4. The molecule has 0 aromatic carbocycles. The SMILES string of the molecule is CNC(=O)c1cnc2[nH]cc(Cc3ccc(CCc4ccc(C(F)(F)F)nc4)nc3F)c2c1. The summed E-state index contributed by atoms with van der Waals surface area (Å²) in [5.74, 6) is -0.889. The third-order valence-electron chi connectivity index (χ3n) is 5.26. The second kappa shape index (κ2) is 8.97. The van der Waals surface area contributed by atoms with Crippen LogP contribution in [0.5, 0.6) is 0 Å². The standard InChI is InChI=1S/C23H19F4N5O/c1-28-22(33)16-9-18-15(11-30-21(18)31-12-16)8-14-4-6-17(32-20(14)24)5-2-13-3-7-19(29-10-13)23(25,26)27/h3-4,6-7,9-12H,2,5,8H2,1H3,(H,28,33)(H,30,31). The largest absolute Gasteiger partial charge is 0.433 e. The van der Waals surface area contributed by atoms with Crippen molar-refractivity contribution in [3.05, 3.63) is 88.5 Å². The molecule has 4 aromatic rings. The van der Waals surface area contributed by atoms with Gasteiger partial charge in [0.2, 0.25) is 5.95 Å². The molecule has 4 aromatic heterocycles. The maximum absolute atomic E-state index is 14.7. The van der Waals surface area contributed by atoms with E-state index in [1.807, 2.05) is 0 Å². The lowest BCUT2D eigenvalue weighted by molar-refractivity contribution is -0.141. The number of H-pyrrole nitrogens is 1. The van der Waals surface area contributed by atoms with E-state index in [1.54, 1.807) is 24.4 Å². The Hall–Kier alpha value is -3.82. The highest BCUT2D eigenvalue weighted by Crippen LogP contribution is 2.27. The van der Waals surface area contributed by atoms with Crippen LogP contribution in [0.3, 0.4) is 0 Å². The molecule has 4 heterocycles. The molecule has 0 saturated carbocycles. The molecule has 6 nitrogen and oxygen atoms in total. The number of aromatic amines is 1. The molecule has 33 heavy (non-hydrogen) atoms. The second-order valence-corrected chi connectivity index (χ2v) is 7.49. The average Bonchev–Trinajstić information content (AvgIpc) is 3.20. The van der Waals surface area contributed by atoms with Crippen LogP contribution < -0.4 is 5.32 Å². The summed E-state index contributed by atoms with van der Waals surface area (Å²) in [5, 5.41) is 3.26. The van der Waals surface area contributed by atoms with Crippen molar-refractivity contribution in [1.82, 2.24) is 25.3 Å². The van der Waals surface area contributed by atoms with Gasteiger partial charge < -0.3 is 10.3 Å². The highest BCUT2D eigenvalue weighted by molar-refractivity contribution is 5.97. The highest BCUT2D eigenvalue weighted by Gasteiger charge is 2.31. The summed E-state index contributed by atoms with van der Waals surface area (Å²) in [7, 11) is 1.53. The summed E-state index contributed by atoms with van der Waals surface area (Å²) in [5.41, 5.74) is 2.28. The molecule has 1 amide bonds. The van der Waals surface area contributed by atoms with Crippen LogP contribution in [-0.2, 0) is 25.4 Å². The van der Waals surface area contributed by atoms with Gasteiger partial charge in [-0.05, 0) is 42.2 Å². The maximum Gasteiger partial charge on any atom is 0.433 e. The molecule has 0 spiro atoms. The molecule has 0 aliphatic heterocycles. The smallest absolute Gasteiger partial charge is 0.355 e. The fraction of sp³-hybridized carbons (Fsp3) is 0.217. The normalized spacial score (nSPS) is 11.7. The number of rotatable bonds is 6. The average molecular weight is 457 g/mol. The Morgan fingerprint density at radius 1 is 1.06 bits per heavy atom. The van der Waals surface area contributed by atoms with Crippen LogP contribution in [0.15, 0.2) is 48.9 Å². The number of hydrogen-bond donors (Lipinski definition) is 2. The number of alkyl halides is 3. The Balaban J connectivity index is 1.46. The van der Waals surface area contributed by atoms with Crippen LogP contribution in [0.2, 0.25) is 0 Å². The molecule has 170 valence electrons. The van der Waals surface area contributed by atoms with Gasteiger partial charge in [-0.25, -0.2) is 9.97 Å². The summed E-state index contributed by atoms with van der Waals surface area (Å²) in [4.78, 5) is 26.6. The van der Waals surface area contributed by atoms with Crippen LogP contribution in [0.1, 0.15) is 38.4 Å². The number of aryl methyl sites for hydroxylation is 2. The lowest BCUT2D eigenvalue weighted by atomic mass is 10.0. The third kappa shape index (κ3) is 5.00. The van der Waals surface area contributed by atoms with Gasteiger partial charge in [-0.1, -0.05) is 12.1 Å². The van der Waals surface area contributed by atoms with Crippen LogP contribution >= 0.6 is 0 Å². The van der Waals surface area contributed by atoms with Crippen LogP contribution in [0, 0.1) is 5.95 Å². The van der Waals surface area contributed by atoms with E-state index in [0.29, 0.717) is 40.9 Å². The van der Waals surface area contributed by atoms with E-state index in [9.17, 15) is 22.4 Å².